The van der Waals surface area contributed by atoms with Crippen LogP contribution in [0.5, 0.6) is 11.5 Å². The molecule has 1 aromatic rings. The predicted molar refractivity (Wildman–Crippen MR) is 69.9 cm³/mol. The van der Waals surface area contributed by atoms with Gasteiger partial charge in [-0.2, -0.15) is 0 Å². The number of rotatable bonds is 7. The Morgan fingerprint density at radius 2 is 2.00 bits per heavy atom. The standard InChI is InChI=1S/C13H17NO6/c1-19-9-4-3-8(11(6-9)20-2)5-12(16)14-10(7-15)13(17)18/h3-4,6,10,15H,5,7H2,1-2H3,(H,14,16)(H,17,18)/t10-/m0/s1. The molecule has 1 aromatic carbocycles. The molecule has 0 aliphatic heterocycles. The van der Waals surface area contributed by atoms with Gasteiger partial charge < -0.3 is 25.0 Å². The van der Waals surface area contributed by atoms with Crippen LogP contribution in [0.15, 0.2) is 18.2 Å². The summed E-state index contributed by atoms with van der Waals surface area (Å²) in [5.74, 6) is -0.752. The van der Waals surface area contributed by atoms with Crippen molar-refractivity contribution >= 4 is 11.9 Å². The number of carbonyl (C=O) groups is 2. The minimum absolute atomic E-state index is 0.0586. The summed E-state index contributed by atoms with van der Waals surface area (Å²) in [4.78, 5) is 22.4. The van der Waals surface area contributed by atoms with Crippen LogP contribution < -0.4 is 14.8 Å². The van der Waals surface area contributed by atoms with Gasteiger partial charge in [0.1, 0.15) is 17.5 Å². The third kappa shape index (κ3) is 4.13. The summed E-state index contributed by atoms with van der Waals surface area (Å²) < 4.78 is 10.2. The van der Waals surface area contributed by atoms with Gasteiger partial charge in [-0.25, -0.2) is 4.79 Å². The van der Waals surface area contributed by atoms with Crippen molar-refractivity contribution in [2.45, 2.75) is 12.5 Å². The first kappa shape index (κ1) is 15.8. The Bertz CT molecular complexity index is 488. The van der Waals surface area contributed by atoms with Crippen molar-refractivity contribution in [2.75, 3.05) is 20.8 Å². The molecule has 0 aliphatic carbocycles. The van der Waals surface area contributed by atoms with E-state index in [1.54, 1.807) is 18.2 Å². The summed E-state index contributed by atoms with van der Waals surface area (Å²) in [5.41, 5.74) is 0.591. The molecule has 0 unspecified atom stereocenters. The average molecular weight is 283 g/mol. The lowest BCUT2D eigenvalue weighted by Crippen LogP contribution is -2.43. The predicted octanol–water partition coefficient (Wildman–Crippen LogP) is -0.192. The molecule has 0 heterocycles. The molecular formula is C13H17NO6. The van der Waals surface area contributed by atoms with E-state index in [9.17, 15) is 9.59 Å². The minimum Gasteiger partial charge on any atom is -0.497 e. The van der Waals surface area contributed by atoms with E-state index >= 15 is 0 Å². The smallest absolute Gasteiger partial charge is 0.328 e. The van der Waals surface area contributed by atoms with Gasteiger partial charge in [0.15, 0.2) is 0 Å². The molecule has 0 saturated heterocycles. The molecule has 3 N–H and O–H groups in total. The van der Waals surface area contributed by atoms with Crippen LogP contribution in [0.1, 0.15) is 5.56 Å². The van der Waals surface area contributed by atoms with Crippen LogP contribution in [0, 0.1) is 0 Å². The highest BCUT2D eigenvalue weighted by Gasteiger charge is 2.19. The van der Waals surface area contributed by atoms with Gasteiger partial charge in [0.25, 0.3) is 0 Å². The number of aliphatic hydroxyl groups is 1. The van der Waals surface area contributed by atoms with Gasteiger partial charge in [-0.1, -0.05) is 6.07 Å². The summed E-state index contributed by atoms with van der Waals surface area (Å²) in [6.45, 7) is -0.666. The number of benzene rings is 1. The van der Waals surface area contributed by atoms with Crippen molar-refractivity contribution in [1.82, 2.24) is 5.32 Å². The van der Waals surface area contributed by atoms with Crippen LogP contribution in [-0.2, 0) is 16.0 Å². The van der Waals surface area contributed by atoms with Crippen LogP contribution >= 0.6 is 0 Å². The van der Waals surface area contributed by atoms with Crippen LogP contribution in [0.3, 0.4) is 0 Å². The Balaban J connectivity index is 2.77. The van der Waals surface area contributed by atoms with E-state index in [0.29, 0.717) is 17.1 Å². The molecule has 0 fully saturated rings. The van der Waals surface area contributed by atoms with E-state index in [-0.39, 0.29) is 6.42 Å². The van der Waals surface area contributed by atoms with Gasteiger partial charge >= 0.3 is 5.97 Å². The molecule has 0 radical (unpaired) electrons. The Morgan fingerprint density at radius 3 is 2.50 bits per heavy atom. The van der Waals surface area contributed by atoms with Gasteiger partial charge in [0, 0.05) is 11.6 Å². The number of amides is 1. The molecule has 1 atom stereocenters. The molecule has 1 rings (SSSR count). The van der Waals surface area contributed by atoms with E-state index in [2.05, 4.69) is 5.32 Å². The zero-order chi connectivity index (χ0) is 15.1. The second kappa shape index (κ2) is 7.34. The van der Waals surface area contributed by atoms with Crippen LogP contribution in [0.25, 0.3) is 0 Å². The maximum absolute atomic E-state index is 11.7. The maximum atomic E-state index is 11.7. The molecule has 1 amide bonds. The second-order valence-electron chi connectivity index (χ2n) is 4.00. The Morgan fingerprint density at radius 1 is 1.30 bits per heavy atom. The fourth-order valence-corrected chi connectivity index (χ4v) is 1.60. The fourth-order valence-electron chi connectivity index (χ4n) is 1.60. The van der Waals surface area contributed by atoms with Crippen molar-refractivity contribution < 1.29 is 29.3 Å². The monoisotopic (exact) mass is 283 g/mol. The molecule has 0 saturated carbocycles. The zero-order valence-electron chi connectivity index (χ0n) is 11.3. The van der Waals surface area contributed by atoms with Crippen LogP contribution in [-0.4, -0.2) is 49.0 Å². The first-order valence-corrected chi connectivity index (χ1v) is 5.85. The van der Waals surface area contributed by atoms with Crippen molar-refractivity contribution in [1.29, 1.82) is 0 Å². The highest BCUT2D eigenvalue weighted by atomic mass is 16.5. The molecule has 0 spiro atoms. The maximum Gasteiger partial charge on any atom is 0.328 e. The van der Waals surface area contributed by atoms with Crippen molar-refractivity contribution in [3.05, 3.63) is 23.8 Å². The number of hydrogen-bond acceptors (Lipinski definition) is 5. The van der Waals surface area contributed by atoms with Gasteiger partial charge in [-0.05, 0) is 6.07 Å². The number of carboxylic acids is 1. The SMILES string of the molecule is COc1ccc(CC(=O)N[C@@H](CO)C(=O)O)c(OC)c1. The Hall–Kier alpha value is -2.28. The molecular weight excluding hydrogens is 266 g/mol. The van der Waals surface area contributed by atoms with Gasteiger partial charge in [-0.15, -0.1) is 0 Å². The highest BCUT2D eigenvalue weighted by Crippen LogP contribution is 2.24. The summed E-state index contributed by atoms with van der Waals surface area (Å²) in [6.07, 6.45) is -0.0586. The van der Waals surface area contributed by atoms with Crippen LogP contribution in [0.2, 0.25) is 0 Å². The third-order valence-electron chi connectivity index (χ3n) is 2.66. The molecule has 20 heavy (non-hydrogen) atoms. The fraction of sp³-hybridized carbons (Fsp3) is 0.385. The first-order chi connectivity index (χ1) is 9.51. The largest absolute Gasteiger partial charge is 0.497 e. The van der Waals surface area contributed by atoms with Crippen molar-refractivity contribution in [2.24, 2.45) is 0 Å². The average Bonchev–Trinajstić information content (AvgIpc) is 2.44. The normalized spacial score (nSPS) is 11.6. The number of nitrogens with one attached hydrogen (secondary N) is 1. The van der Waals surface area contributed by atoms with E-state index in [1.807, 2.05) is 0 Å². The van der Waals surface area contributed by atoms with E-state index in [1.165, 1.54) is 14.2 Å². The molecule has 0 aromatic heterocycles. The number of methoxy groups -OCH3 is 2. The molecule has 0 aliphatic rings. The van der Waals surface area contributed by atoms with E-state index in [4.69, 9.17) is 19.7 Å². The number of ether oxygens (including phenoxy) is 2. The number of carboxylic acid groups (broad SMARTS) is 1. The van der Waals surface area contributed by atoms with Crippen molar-refractivity contribution in [3.8, 4) is 11.5 Å². The quantitative estimate of drug-likeness (QED) is 0.640. The topological polar surface area (TPSA) is 105 Å². The number of aliphatic hydroxyl groups excluding tert-OH is 1. The lowest BCUT2D eigenvalue weighted by Gasteiger charge is -2.13. The Kier molecular flexibility index (Phi) is 5.79. The van der Waals surface area contributed by atoms with Gasteiger partial charge in [0.05, 0.1) is 27.2 Å². The molecule has 7 nitrogen and oxygen atoms in total. The zero-order valence-corrected chi connectivity index (χ0v) is 11.3. The van der Waals surface area contributed by atoms with E-state index < -0.39 is 24.5 Å². The van der Waals surface area contributed by atoms with E-state index in [0.717, 1.165) is 0 Å². The first-order valence-electron chi connectivity index (χ1n) is 5.85. The van der Waals surface area contributed by atoms with Gasteiger partial charge in [0.2, 0.25) is 5.91 Å². The number of aliphatic carboxylic acids is 1. The summed E-state index contributed by atoms with van der Waals surface area (Å²) in [5, 5.41) is 19.8. The van der Waals surface area contributed by atoms with Crippen LogP contribution in [0.4, 0.5) is 0 Å². The highest BCUT2D eigenvalue weighted by molar-refractivity contribution is 5.85. The molecule has 0 bridgehead atoms. The minimum atomic E-state index is -1.31. The molecule has 110 valence electrons. The summed E-state index contributed by atoms with van der Waals surface area (Å²) in [6, 6.07) is 3.65. The third-order valence-corrected chi connectivity index (χ3v) is 2.66. The van der Waals surface area contributed by atoms with Gasteiger partial charge in [-0.3, -0.25) is 4.79 Å². The molecule has 7 heteroatoms. The second-order valence-corrected chi connectivity index (χ2v) is 4.00. The lowest BCUT2D eigenvalue weighted by molar-refractivity contribution is -0.142. The summed E-state index contributed by atoms with van der Waals surface area (Å²) >= 11 is 0. The van der Waals surface area contributed by atoms with Crippen molar-refractivity contribution in [3.63, 3.8) is 0 Å². The summed E-state index contributed by atoms with van der Waals surface area (Å²) in [7, 11) is 2.98. The number of carbonyl (C=O) groups excluding carboxylic acids is 1. The Labute approximate surface area is 116 Å². The lowest BCUT2D eigenvalue weighted by atomic mass is 10.1. The number of hydrogen-bond donors (Lipinski definition) is 3.